The first-order chi connectivity index (χ1) is 14.8. The van der Waals surface area contributed by atoms with Gasteiger partial charge in [0.2, 0.25) is 0 Å². The fraction of sp³-hybridized carbons (Fsp3) is 0.250. The molecule has 2 aromatic carbocycles. The minimum Gasteiger partial charge on any atom is -0.481 e. The minimum absolute atomic E-state index is 0.171. The van der Waals surface area contributed by atoms with Crippen molar-refractivity contribution in [2.75, 3.05) is 0 Å². The van der Waals surface area contributed by atoms with Crippen LogP contribution >= 0.6 is 11.3 Å². The van der Waals surface area contributed by atoms with Gasteiger partial charge in [0, 0.05) is 22.3 Å². The number of aryl methyl sites for hydroxylation is 3. The molecule has 160 valence electrons. The van der Waals surface area contributed by atoms with Crippen LogP contribution in [0.15, 0.2) is 48.7 Å². The van der Waals surface area contributed by atoms with Crippen LogP contribution in [0.4, 0.5) is 4.39 Å². The highest BCUT2D eigenvalue weighted by Gasteiger charge is 2.17. The third-order valence-corrected chi connectivity index (χ3v) is 6.53. The van der Waals surface area contributed by atoms with Crippen molar-refractivity contribution in [3.05, 3.63) is 76.2 Å². The van der Waals surface area contributed by atoms with E-state index in [2.05, 4.69) is 10.3 Å². The van der Waals surface area contributed by atoms with Crippen molar-refractivity contribution in [2.45, 2.75) is 40.3 Å². The van der Waals surface area contributed by atoms with Crippen LogP contribution in [0.5, 0.6) is 5.75 Å². The van der Waals surface area contributed by atoms with Gasteiger partial charge in [0.05, 0.1) is 12.2 Å². The largest absolute Gasteiger partial charge is 0.481 e. The number of carbonyl (C=O) groups is 1. The average Bonchev–Trinajstić information content (AvgIpc) is 3.28. The predicted octanol–water partition coefficient (Wildman–Crippen LogP) is 5.21. The highest BCUT2D eigenvalue weighted by atomic mass is 32.1. The van der Waals surface area contributed by atoms with Crippen LogP contribution in [0.1, 0.15) is 28.6 Å². The second-order valence-electron chi connectivity index (χ2n) is 7.62. The molecule has 1 N–H and O–H groups in total. The second kappa shape index (κ2) is 8.51. The predicted molar refractivity (Wildman–Crippen MR) is 121 cm³/mol. The normalized spacial score (nSPS) is 12.2. The summed E-state index contributed by atoms with van der Waals surface area (Å²) in [6.07, 6.45) is 1.34. The zero-order valence-corrected chi connectivity index (χ0v) is 18.7. The second-order valence-corrected chi connectivity index (χ2v) is 8.68. The summed E-state index contributed by atoms with van der Waals surface area (Å²) in [5.74, 6) is 0.246. The van der Waals surface area contributed by atoms with Gasteiger partial charge >= 0.3 is 0 Å². The van der Waals surface area contributed by atoms with E-state index >= 15 is 0 Å². The van der Waals surface area contributed by atoms with Crippen LogP contribution in [-0.4, -0.2) is 21.4 Å². The minimum atomic E-state index is -0.600. The summed E-state index contributed by atoms with van der Waals surface area (Å²) in [6, 6.07) is 12.1. The highest BCUT2D eigenvalue weighted by Crippen LogP contribution is 2.27. The van der Waals surface area contributed by atoms with Crippen molar-refractivity contribution in [3.63, 3.8) is 0 Å². The number of amides is 1. The van der Waals surface area contributed by atoms with E-state index in [0.717, 1.165) is 32.4 Å². The maximum atomic E-state index is 13.2. The smallest absolute Gasteiger partial charge is 0.261 e. The van der Waals surface area contributed by atoms with Crippen LogP contribution in [0.3, 0.4) is 0 Å². The fourth-order valence-corrected chi connectivity index (χ4v) is 4.32. The molecule has 5 nitrogen and oxygen atoms in total. The molecule has 4 aromatic rings. The molecule has 0 bridgehead atoms. The summed E-state index contributed by atoms with van der Waals surface area (Å²) in [5, 5.41) is 2.95. The molecule has 0 spiro atoms. The van der Waals surface area contributed by atoms with Gasteiger partial charge < -0.3 is 10.1 Å². The van der Waals surface area contributed by atoms with Crippen LogP contribution in [0, 0.1) is 26.6 Å². The molecular formula is C24H24FN3O2S. The topological polar surface area (TPSA) is 55.6 Å². The molecule has 0 fully saturated rings. The molecule has 0 aliphatic heterocycles. The molecule has 0 saturated carbocycles. The van der Waals surface area contributed by atoms with Crippen molar-refractivity contribution in [1.82, 2.24) is 14.7 Å². The van der Waals surface area contributed by atoms with Crippen LogP contribution in [0.2, 0.25) is 0 Å². The number of halogens is 1. The van der Waals surface area contributed by atoms with Crippen molar-refractivity contribution in [2.24, 2.45) is 0 Å². The quantitative estimate of drug-likeness (QED) is 0.450. The molecule has 1 atom stereocenters. The van der Waals surface area contributed by atoms with Gasteiger partial charge in [-0.1, -0.05) is 17.4 Å². The van der Waals surface area contributed by atoms with Crippen LogP contribution in [-0.2, 0) is 11.3 Å². The van der Waals surface area contributed by atoms with Gasteiger partial charge in [-0.15, -0.1) is 0 Å². The lowest BCUT2D eigenvalue weighted by Crippen LogP contribution is -2.35. The lowest BCUT2D eigenvalue weighted by molar-refractivity contribution is -0.127. The first-order valence-corrected chi connectivity index (χ1v) is 10.9. The Bertz CT molecular complexity index is 1240. The summed E-state index contributed by atoms with van der Waals surface area (Å²) >= 11 is 1.53. The lowest BCUT2D eigenvalue weighted by atomic mass is 10.1. The summed E-state index contributed by atoms with van der Waals surface area (Å²) in [7, 11) is 0. The van der Waals surface area contributed by atoms with Crippen LogP contribution < -0.4 is 10.1 Å². The molecule has 31 heavy (non-hydrogen) atoms. The highest BCUT2D eigenvalue weighted by molar-refractivity contribution is 7.17. The number of benzene rings is 2. The Morgan fingerprint density at radius 2 is 1.90 bits per heavy atom. The summed E-state index contributed by atoms with van der Waals surface area (Å²) < 4.78 is 21.0. The maximum absolute atomic E-state index is 13.2. The Morgan fingerprint density at radius 1 is 1.16 bits per heavy atom. The molecular weight excluding hydrogens is 413 g/mol. The van der Waals surface area contributed by atoms with E-state index in [4.69, 9.17) is 4.74 Å². The number of carbonyl (C=O) groups excluding carboxylic acids is 1. The number of nitrogens with zero attached hydrogens (tertiary/aromatic N) is 2. The number of hydrogen-bond donors (Lipinski definition) is 1. The van der Waals surface area contributed by atoms with Crippen molar-refractivity contribution >= 4 is 22.2 Å². The van der Waals surface area contributed by atoms with E-state index in [1.54, 1.807) is 19.1 Å². The first-order valence-electron chi connectivity index (χ1n) is 10.1. The third kappa shape index (κ3) is 4.46. The van der Waals surface area contributed by atoms with E-state index in [9.17, 15) is 9.18 Å². The van der Waals surface area contributed by atoms with E-state index < -0.39 is 6.10 Å². The Hall–Kier alpha value is -3.19. The SMILES string of the molecule is Cc1ccc(OC(C)C(=O)NCc2sc3nc(-c4ccc(F)cc4)cn3c2C)cc1C. The molecule has 0 radical (unpaired) electrons. The van der Waals surface area contributed by atoms with Gasteiger partial charge in [-0.2, -0.15) is 0 Å². The van der Waals surface area contributed by atoms with Crippen molar-refractivity contribution < 1.29 is 13.9 Å². The van der Waals surface area contributed by atoms with Crippen molar-refractivity contribution in [1.29, 1.82) is 0 Å². The van der Waals surface area contributed by atoms with E-state index in [0.29, 0.717) is 12.3 Å². The number of aromatic nitrogens is 2. The van der Waals surface area contributed by atoms with Gasteiger partial charge in [-0.25, -0.2) is 9.37 Å². The standard InChI is InChI=1S/C24H24FN3O2S/c1-14-5-10-20(11-15(14)2)30-17(4)23(29)26-12-22-16(3)28-13-21(27-24(28)31-22)18-6-8-19(25)9-7-18/h5-11,13,17H,12H2,1-4H3,(H,26,29). The Labute approximate surface area is 184 Å². The molecule has 0 saturated heterocycles. The van der Waals surface area contributed by atoms with Crippen molar-refractivity contribution in [3.8, 4) is 17.0 Å². The molecule has 4 rings (SSSR count). The Kier molecular flexibility index (Phi) is 5.78. The number of rotatable bonds is 6. The van der Waals surface area contributed by atoms with Gasteiger partial charge in [-0.05, 0) is 75.2 Å². The molecule has 7 heteroatoms. The Balaban J connectivity index is 1.41. The molecule has 2 aromatic heterocycles. The number of ether oxygens (including phenoxy) is 1. The summed E-state index contributed by atoms with van der Waals surface area (Å²) in [4.78, 5) is 19.0. The number of fused-ring (bicyclic) bond motifs is 1. The zero-order valence-electron chi connectivity index (χ0n) is 17.9. The number of thiazole rings is 1. The zero-order chi connectivity index (χ0) is 22.1. The van der Waals surface area contributed by atoms with Crippen LogP contribution in [0.25, 0.3) is 16.2 Å². The third-order valence-electron chi connectivity index (χ3n) is 5.38. The summed E-state index contributed by atoms with van der Waals surface area (Å²) in [5.41, 5.74) is 4.99. The fourth-order valence-electron chi connectivity index (χ4n) is 3.27. The monoisotopic (exact) mass is 437 g/mol. The van der Waals surface area contributed by atoms with Gasteiger partial charge in [0.25, 0.3) is 5.91 Å². The number of hydrogen-bond acceptors (Lipinski definition) is 4. The first kappa shape index (κ1) is 21.1. The van der Waals surface area contributed by atoms with Gasteiger partial charge in [-0.3, -0.25) is 9.20 Å². The molecule has 1 amide bonds. The maximum Gasteiger partial charge on any atom is 0.261 e. The number of imidazole rings is 1. The Morgan fingerprint density at radius 3 is 2.58 bits per heavy atom. The van der Waals surface area contributed by atoms with Gasteiger partial charge in [0.15, 0.2) is 11.1 Å². The molecule has 2 heterocycles. The number of nitrogens with one attached hydrogen (secondary N) is 1. The van der Waals surface area contributed by atoms with E-state index in [-0.39, 0.29) is 11.7 Å². The molecule has 1 unspecified atom stereocenters. The molecule has 0 aliphatic rings. The average molecular weight is 438 g/mol. The lowest BCUT2D eigenvalue weighted by Gasteiger charge is -2.15. The summed E-state index contributed by atoms with van der Waals surface area (Å²) in [6.45, 7) is 8.21. The van der Waals surface area contributed by atoms with E-state index in [1.807, 2.05) is 49.6 Å². The van der Waals surface area contributed by atoms with Gasteiger partial charge in [0.1, 0.15) is 11.6 Å². The molecule has 0 aliphatic carbocycles. The van der Waals surface area contributed by atoms with E-state index in [1.165, 1.54) is 29.0 Å².